The molecule has 4 nitrogen and oxygen atoms in total. The van der Waals surface area contributed by atoms with Crippen LogP contribution in [0.5, 0.6) is 0 Å². The first-order valence-electron chi connectivity index (χ1n) is 7.58. The van der Waals surface area contributed by atoms with Gasteiger partial charge < -0.3 is 10.0 Å². The molecule has 2 rings (SSSR count). The molecule has 19 heavy (non-hydrogen) atoms. The monoisotopic (exact) mass is 267 g/mol. The van der Waals surface area contributed by atoms with Gasteiger partial charge in [-0.15, -0.1) is 0 Å². The molecule has 1 unspecified atom stereocenters. The molecule has 1 aliphatic heterocycles. The van der Waals surface area contributed by atoms with Crippen molar-refractivity contribution in [3.8, 4) is 0 Å². The van der Waals surface area contributed by atoms with Gasteiger partial charge >= 0.3 is 5.97 Å². The number of hydrogen-bond donors (Lipinski definition) is 1. The summed E-state index contributed by atoms with van der Waals surface area (Å²) in [4.78, 5) is 25.1. The number of nitrogens with zero attached hydrogens (tertiary/aromatic N) is 1. The van der Waals surface area contributed by atoms with Gasteiger partial charge in [-0.25, -0.2) is 4.79 Å². The summed E-state index contributed by atoms with van der Waals surface area (Å²) < 4.78 is 0. The van der Waals surface area contributed by atoms with E-state index in [1.54, 1.807) is 11.8 Å². The number of carbonyl (C=O) groups excluding carboxylic acids is 1. The van der Waals surface area contributed by atoms with E-state index in [0.717, 1.165) is 25.2 Å². The molecular formula is C15H25NO3. The number of carboxylic acid groups (broad SMARTS) is 1. The Morgan fingerprint density at radius 1 is 1.26 bits per heavy atom. The Balaban J connectivity index is 1.80. The molecule has 0 bridgehead atoms. The topological polar surface area (TPSA) is 57.6 Å². The summed E-state index contributed by atoms with van der Waals surface area (Å²) in [5.74, 6) is -0.0354. The first-order valence-corrected chi connectivity index (χ1v) is 7.58. The van der Waals surface area contributed by atoms with Gasteiger partial charge in [-0.2, -0.15) is 0 Å². The van der Waals surface area contributed by atoms with Gasteiger partial charge in [0.1, 0.15) is 5.54 Å². The summed E-state index contributed by atoms with van der Waals surface area (Å²) in [5, 5.41) is 9.30. The van der Waals surface area contributed by atoms with E-state index < -0.39 is 11.5 Å². The number of aliphatic carboxylic acids is 1. The van der Waals surface area contributed by atoms with Crippen LogP contribution < -0.4 is 0 Å². The molecule has 0 spiro atoms. The Morgan fingerprint density at radius 3 is 2.58 bits per heavy atom. The summed E-state index contributed by atoms with van der Waals surface area (Å²) in [6.07, 6.45) is 9.23. The van der Waals surface area contributed by atoms with Gasteiger partial charge in [-0.3, -0.25) is 4.79 Å². The first kappa shape index (κ1) is 14.4. The summed E-state index contributed by atoms with van der Waals surface area (Å²) in [6, 6.07) is 0. The zero-order chi connectivity index (χ0) is 13.9. The highest BCUT2D eigenvalue weighted by atomic mass is 16.4. The van der Waals surface area contributed by atoms with Crippen molar-refractivity contribution in [2.75, 3.05) is 6.54 Å². The van der Waals surface area contributed by atoms with Crippen LogP contribution in [-0.2, 0) is 9.59 Å². The van der Waals surface area contributed by atoms with Crippen LogP contribution >= 0.6 is 0 Å². The minimum atomic E-state index is -0.968. The average Bonchev–Trinajstić information content (AvgIpc) is 2.99. The van der Waals surface area contributed by atoms with Crippen molar-refractivity contribution < 1.29 is 14.7 Å². The van der Waals surface area contributed by atoms with Crippen LogP contribution in [0.2, 0.25) is 0 Å². The van der Waals surface area contributed by atoms with Crippen molar-refractivity contribution in [3.63, 3.8) is 0 Å². The number of hydrogen-bond acceptors (Lipinski definition) is 2. The summed E-state index contributed by atoms with van der Waals surface area (Å²) in [5.41, 5.74) is -0.968. The van der Waals surface area contributed by atoms with E-state index in [1.807, 2.05) is 0 Å². The second-order valence-electron chi connectivity index (χ2n) is 6.27. The van der Waals surface area contributed by atoms with Crippen LogP contribution in [0.4, 0.5) is 0 Å². The average molecular weight is 267 g/mol. The van der Waals surface area contributed by atoms with Gasteiger partial charge in [-0.05, 0) is 38.5 Å². The lowest BCUT2D eigenvalue weighted by molar-refractivity contribution is -0.155. The van der Waals surface area contributed by atoms with Crippen molar-refractivity contribution in [2.24, 2.45) is 5.92 Å². The molecule has 1 N–H and O–H groups in total. The fraction of sp³-hybridized carbons (Fsp3) is 0.867. The van der Waals surface area contributed by atoms with Crippen molar-refractivity contribution >= 4 is 11.9 Å². The number of likely N-dealkylation sites (tertiary alicyclic amines) is 1. The van der Waals surface area contributed by atoms with Gasteiger partial charge in [0.15, 0.2) is 0 Å². The molecule has 0 radical (unpaired) electrons. The third-order valence-electron chi connectivity index (χ3n) is 4.88. The van der Waals surface area contributed by atoms with Gasteiger partial charge in [-0.1, -0.05) is 25.7 Å². The number of rotatable bonds is 5. The summed E-state index contributed by atoms with van der Waals surface area (Å²) in [7, 11) is 0. The summed E-state index contributed by atoms with van der Waals surface area (Å²) in [6.45, 7) is 2.28. The predicted molar refractivity (Wildman–Crippen MR) is 72.8 cm³/mol. The lowest BCUT2D eigenvalue weighted by atomic mass is 9.97. The predicted octanol–water partition coefficient (Wildman–Crippen LogP) is 2.81. The molecule has 1 atom stereocenters. The molecule has 1 saturated carbocycles. The first-order chi connectivity index (χ1) is 9.04. The smallest absolute Gasteiger partial charge is 0.329 e. The molecule has 0 aromatic rings. The van der Waals surface area contributed by atoms with Crippen molar-refractivity contribution in [1.82, 2.24) is 4.90 Å². The number of carboxylic acids is 1. The normalized spacial score (nSPS) is 27.9. The lowest BCUT2D eigenvalue weighted by Gasteiger charge is -2.31. The minimum absolute atomic E-state index is 0.0281. The molecular weight excluding hydrogens is 242 g/mol. The van der Waals surface area contributed by atoms with E-state index >= 15 is 0 Å². The fourth-order valence-electron chi connectivity index (χ4n) is 3.56. The summed E-state index contributed by atoms with van der Waals surface area (Å²) >= 11 is 0. The van der Waals surface area contributed by atoms with Crippen LogP contribution in [0.3, 0.4) is 0 Å². The lowest BCUT2D eigenvalue weighted by Crippen LogP contribution is -2.50. The Kier molecular flexibility index (Phi) is 4.48. The van der Waals surface area contributed by atoms with Crippen molar-refractivity contribution in [3.05, 3.63) is 0 Å². The molecule has 1 heterocycles. The van der Waals surface area contributed by atoms with Gasteiger partial charge in [0.05, 0.1) is 0 Å². The van der Waals surface area contributed by atoms with Crippen LogP contribution in [0, 0.1) is 5.92 Å². The van der Waals surface area contributed by atoms with E-state index in [9.17, 15) is 14.7 Å². The standard InChI is InChI=1S/C15H25NO3/c1-15(14(18)19)10-5-11-16(15)13(17)9-4-8-12-6-2-3-7-12/h12H,2-11H2,1H3,(H,18,19). The fourth-order valence-corrected chi connectivity index (χ4v) is 3.56. The Labute approximate surface area is 115 Å². The van der Waals surface area contributed by atoms with Crippen LogP contribution in [0.25, 0.3) is 0 Å². The van der Waals surface area contributed by atoms with Crippen LogP contribution in [-0.4, -0.2) is 34.0 Å². The van der Waals surface area contributed by atoms with E-state index in [0.29, 0.717) is 19.4 Å². The third-order valence-corrected chi connectivity index (χ3v) is 4.88. The maximum Gasteiger partial charge on any atom is 0.329 e. The zero-order valence-electron chi connectivity index (χ0n) is 11.9. The maximum absolute atomic E-state index is 12.2. The SMILES string of the molecule is CC1(C(=O)O)CCCN1C(=O)CCCC1CCCC1. The Bertz CT molecular complexity index is 349. The number of amides is 1. The highest BCUT2D eigenvalue weighted by Gasteiger charge is 2.45. The Hall–Kier alpha value is -1.06. The van der Waals surface area contributed by atoms with Crippen LogP contribution in [0.1, 0.15) is 64.7 Å². The molecule has 1 saturated heterocycles. The molecule has 1 aliphatic carbocycles. The third kappa shape index (κ3) is 3.10. The largest absolute Gasteiger partial charge is 0.480 e. The van der Waals surface area contributed by atoms with Crippen molar-refractivity contribution in [1.29, 1.82) is 0 Å². The second-order valence-corrected chi connectivity index (χ2v) is 6.27. The highest BCUT2D eigenvalue weighted by molar-refractivity contribution is 5.87. The van der Waals surface area contributed by atoms with E-state index in [1.165, 1.54) is 25.7 Å². The molecule has 108 valence electrons. The van der Waals surface area contributed by atoms with Gasteiger partial charge in [0.25, 0.3) is 0 Å². The molecule has 2 fully saturated rings. The van der Waals surface area contributed by atoms with Crippen molar-refractivity contribution in [2.45, 2.75) is 70.3 Å². The molecule has 0 aromatic heterocycles. The van der Waals surface area contributed by atoms with E-state index in [-0.39, 0.29) is 5.91 Å². The molecule has 2 aliphatic rings. The Morgan fingerprint density at radius 2 is 1.95 bits per heavy atom. The van der Waals surface area contributed by atoms with Gasteiger partial charge in [0, 0.05) is 13.0 Å². The minimum Gasteiger partial charge on any atom is -0.480 e. The zero-order valence-corrected chi connectivity index (χ0v) is 11.9. The van der Waals surface area contributed by atoms with Gasteiger partial charge in [0.2, 0.25) is 5.91 Å². The van der Waals surface area contributed by atoms with E-state index in [2.05, 4.69) is 0 Å². The van der Waals surface area contributed by atoms with Crippen LogP contribution in [0.15, 0.2) is 0 Å². The second kappa shape index (κ2) is 5.93. The maximum atomic E-state index is 12.2. The number of carbonyl (C=O) groups is 2. The molecule has 1 amide bonds. The quantitative estimate of drug-likeness (QED) is 0.833. The molecule has 4 heteroatoms. The highest BCUT2D eigenvalue weighted by Crippen LogP contribution is 2.32. The molecule has 0 aromatic carbocycles. The van der Waals surface area contributed by atoms with E-state index in [4.69, 9.17) is 0 Å².